The van der Waals surface area contributed by atoms with Crippen molar-refractivity contribution in [3.05, 3.63) is 48.0 Å². The van der Waals surface area contributed by atoms with Gasteiger partial charge in [-0.3, -0.25) is 0 Å². The van der Waals surface area contributed by atoms with Crippen LogP contribution in [-0.4, -0.2) is 10.2 Å². The Labute approximate surface area is 112 Å². The normalized spacial score (nSPS) is 9.44. The molecule has 0 aliphatic carbocycles. The molecular weight excluding hydrogens is 242 g/mol. The summed E-state index contributed by atoms with van der Waals surface area (Å²) in [7, 11) is 0. The van der Waals surface area contributed by atoms with E-state index in [1.807, 2.05) is 62.4 Å². The van der Waals surface area contributed by atoms with E-state index in [1.165, 1.54) is 0 Å². The summed E-state index contributed by atoms with van der Waals surface area (Å²) in [6.45, 7) is 3.72. The Morgan fingerprint density at radius 1 is 1.17 bits per heavy atom. The summed E-state index contributed by atoms with van der Waals surface area (Å²) in [6, 6.07) is 15.6. The highest BCUT2D eigenvalue weighted by Gasteiger charge is 2.02. The molecule has 0 amide bonds. The average Bonchev–Trinajstić information content (AvgIpc) is 2.38. The molecule has 0 radical (unpaired) electrons. The molecule has 0 heterocycles. The highest BCUT2D eigenvalue weighted by atomic mass is 32.1. The quantitative estimate of drug-likeness (QED) is 0.777. The Balaban J connectivity index is 0.000000280. The summed E-state index contributed by atoms with van der Waals surface area (Å²) in [5, 5.41) is 19.2. The molecule has 0 spiro atoms. The molecule has 2 aromatic carbocycles. The average molecular weight is 257 g/mol. The van der Waals surface area contributed by atoms with Gasteiger partial charge in [-0.05, 0) is 42.9 Å². The Morgan fingerprint density at radius 3 is 2.28 bits per heavy atom. The maximum atomic E-state index is 9.25. The molecule has 0 aliphatic rings. The fourth-order valence-corrected chi connectivity index (χ4v) is 1.59. The smallest absolute Gasteiger partial charge is 0.189 e. The van der Waals surface area contributed by atoms with Gasteiger partial charge in [-0.15, -0.1) is 0 Å². The zero-order valence-corrected chi connectivity index (χ0v) is 11.2. The van der Waals surface area contributed by atoms with Gasteiger partial charge in [0.25, 0.3) is 0 Å². The maximum absolute atomic E-state index is 9.25. The van der Waals surface area contributed by atoms with E-state index in [0.717, 1.165) is 16.3 Å². The van der Waals surface area contributed by atoms with Gasteiger partial charge in [-0.25, -0.2) is 0 Å². The van der Waals surface area contributed by atoms with Gasteiger partial charge < -0.3 is 5.11 Å². The van der Waals surface area contributed by atoms with Crippen molar-refractivity contribution in [3.63, 3.8) is 0 Å². The molecule has 2 nitrogen and oxygen atoms in total. The van der Waals surface area contributed by atoms with E-state index >= 15 is 0 Å². The van der Waals surface area contributed by atoms with Crippen LogP contribution in [0.25, 0.3) is 10.8 Å². The molecule has 0 saturated heterocycles. The zero-order valence-electron chi connectivity index (χ0n) is 10.4. The van der Waals surface area contributed by atoms with Gasteiger partial charge in [0.2, 0.25) is 0 Å². The van der Waals surface area contributed by atoms with Crippen molar-refractivity contribution in [2.45, 2.75) is 13.8 Å². The molecule has 0 aliphatic heterocycles. The van der Waals surface area contributed by atoms with Crippen molar-refractivity contribution < 1.29 is 5.11 Å². The first-order chi connectivity index (χ1) is 8.56. The third kappa shape index (κ3) is 3.83. The number of aliphatic hydroxyl groups is 1. The first-order valence-corrected chi connectivity index (χ1v) is 6.07. The van der Waals surface area contributed by atoms with Crippen LogP contribution in [0.4, 0.5) is 0 Å². The number of thiocarbonyl (C=S) groups is 1. The van der Waals surface area contributed by atoms with Crippen molar-refractivity contribution >= 4 is 28.0 Å². The van der Waals surface area contributed by atoms with Crippen molar-refractivity contribution in [2.24, 2.45) is 5.92 Å². The second kappa shape index (κ2) is 6.73. The molecule has 3 heteroatoms. The van der Waals surface area contributed by atoms with Crippen LogP contribution in [0.1, 0.15) is 19.4 Å². The number of rotatable bonds is 1. The van der Waals surface area contributed by atoms with Gasteiger partial charge in [0.05, 0.1) is 6.07 Å². The van der Waals surface area contributed by atoms with Crippen LogP contribution >= 0.6 is 12.2 Å². The summed E-state index contributed by atoms with van der Waals surface area (Å²) < 4.78 is 0. The minimum atomic E-state index is -0.0446. The molecule has 0 fully saturated rings. The summed E-state index contributed by atoms with van der Waals surface area (Å²) in [6.07, 6.45) is 0. The number of hydrogen-bond acceptors (Lipinski definition) is 2. The Morgan fingerprint density at radius 2 is 1.72 bits per heavy atom. The van der Waals surface area contributed by atoms with E-state index < -0.39 is 0 Å². The van der Waals surface area contributed by atoms with Crippen molar-refractivity contribution in [1.82, 2.24) is 0 Å². The first kappa shape index (κ1) is 14.1. The minimum absolute atomic E-state index is 0.0446. The lowest BCUT2D eigenvalue weighted by atomic mass is 10.1. The van der Waals surface area contributed by atoms with Gasteiger partial charge in [-0.1, -0.05) is 36.4 Å². The first-order valence-electron chi connectivity index (χ1n) is 5.67. The van der Waals surface area contributed by atoms with Gasteiger partial charge in [0.1, 0.15) is 0 Å². The molecule has 0 aromatic heterocycles. The van der Waals surface area contributed by atoms with Crippen LogP contribution in [-0.2, 0) is 0 Å². The summed E-state index contributed by atoms with van der Waals surface area (Å²) in [5.41, 5.74) is 0.730. The summed E-state index contributed by atoms with van der Waals surface area (Å²) >= 11 is 4.75. The molecule has 2 aromatic rings. The van der Waals surface area contributed by atoms with Crippen molar-refractivity contribution in [3.8, 4) is 6.07 Å². The van der Waals surface area contributed by atoms with Crippen LogP contribution in [0.5, 0.6) is 0 Å². The second-order valence-electron chi connectivity index (χ2n) is 4.12. The predicted molar refractivity (Wildman–Crippen MR) is 78.7 cm³/mol. The van der Waals surface area contributed by atoms with E-state index in [4.69, 9.17) is 17.5 Å². The number of aliphatic hydroxyl groups excluding tert-OH is 1. The number of hydrogen-bond donors (Lipinski definition) is 1. The zero-order chi connectivity index (χ0) is 13.5. The molecule has 18 heavy (non-hydrogen) atoms. The Hall–Kier alpha value is -1.92. The number of nitriles is 1. The lowest BCUT2D eigenvalue weighted by molar-refractivity contribution is 0.571. The number of benzene rings is 2. The molecule has 92 valence electrons. The Bertz CT molecular complexity index is 579. The van der Waals surface area contributed by atoms with E-state index in [-0.39, 0.29) is 11.0 Å². The van der Waals surface area contributed by atoms with E-state index in [2.05, 4.69) is 0 Å². The standard InChI is InChI=1S/C11H8OS.C4H7N/c12-11(13)10-7-3-5-8-4-1-2-6-9(8)10;1-4(2)3-5/h1-7H,(H,12,13);4H,1-2H3. The predicted octanol–water partition coefficient (Wildman–Crippen LogP) is 4.24. The molecule has 0 atom stereocenters. The van der Waals surface area contributed by atoms with Gasteiger partial charge in [-0.2, -0.15) is 5.26 Å². The lowest BCUT2D eigenvalue weighted by Gasteiger charge is -2.02. The highest BCUT2D eigenvalue weighted by Crippen LogP contribution is 2.18. The largest absolute Gasteiger partial charge is 0.499 e. The molecule has 0 unspecified atom stereocenters. The summed E-state index contributed by atoms with van der Waals surface area (Å²) in [4.78, 5) is 0. The third-order valence-corrected chi connectivity index (χ3v) is 2.50. The molecule has 0 bridgehead atoms. The van der Waals surface area contributed by atoms with Gasteiger partial charge in [0, 0.05) is 11.5 Å². The third-order valence-electron chi connectivity index (χ3n) is 2.28. The van der Waals surface area contributed by atoms with E-state index in [9.17, 15) is 5.11 Å². The molecule has 2 rings (SSSR count). The molecule has 1 N–H and O–H groups in total. The van der Waals surface area contributed by atoms with Gasteiger partial charge >= 0.3 is 0 Å². The lowest BCUT2D eigenvalue weighted by Crippen LogP contribution is -1.94. The second-order valence-corrected chi connectivity index (χ2v) is 4.50. The SMILES string of the molecule is CC(C)C#N.OC(=S)c1cccc2ccccc12. The van der Waals surface area contributed by atoms with E-state index in [0.29, 0.717) is 0 Å². The summed E-state index contributed by atoms with van der Waals surface area (Å²) in [5.74, 6) is 0.190. The Kier molecular flexibility index (Phi) is 5.29. The van der Waals surface area contributed by atoms with E-state index in [1.54, 1.807) is 0 Å². The number of fused-ring (bicyclic) bond motifs is 1. The monoisotopic (exact) mass is 257 g/mol. The van der Waals surface area contributed by atoms with Gasteiger partial charge in [0.15, 0.2) is 5.05 Å². The highest BCUT2D eigenvalue weighted by molar-refractivity contribution is 7.80. The number of nitrogens with zero attached hydrogens (tertiary/aromatic N) is 1. The van der Waals surface area contributed by atoms with Crippen LogP contribution in [0.3, 0.4) is 0 Å². The fraction of sp³-hybridized carbons (Fsp3) is 0.200. The van der Waals surface area contributed by atoms with Crippen LogP contribution in [0.2, 0.25) is 0 Å². The topological polar surface area (TPSA) is 44.0 Å². The van der Waals surface area contributed by atoms with Crippen LogP contribution in [0, 0.1) is 17.2 Å². The van der Waals surface area contributed by atoms with Crippen molar-refractivity contribution in [2.75, 3.05) is 0 Å². The molecule has 0 saturated carbocycles. The maximum Gasteiger partial charge on any atom is 0.189 e. The molecular formula is C15H15NOS. The minimum Gasteiger partial charge on any atom is -0.499 e. The fourth-order valence-electron chi connectivity index (χ4n) is 1.41. The van der Waals surface area contributed by atoms with Crippen LogP contribution in [0.15, 0.2) is 42.5 Å². The van der Waals surface area contributed by atoms with Crippen molar-refractivity contribution in [1.29, 1.82) is 5.26 Å². The van der Waals surface area contributed by atoms with Crippen LogP contribution < -0.4 is 0 Å².